The van der Waals surface area contributed by atoms with Gasteiger partial charge in [0.05, 0.1) is 0 Å². The average molecular weight is 178 g/mol. The average Bonchev–Trinajstić information content (AvgIpc) is 2.15. The molecule has 0 aliphatic carbocycles. The summed E-state index contributed by atoms with van der Waals surface area (Å²) < 4.78 is 0. The van der Waals surface area contributed by atoms with Crippen LogP contribution in [0.3, 0.4) is 0 Å². The number of aryl methyl sites for hydroxylation is 1. The summed E-state index contributed by atoms with van der Waals surface area (Å²) in [4.78, 5) is 8.48. The molecular weight excluding hydrogens is 160 g/mol. The highest BCUT2D eigenvalue weighted by molar-refractivity contribution is 5.11. The summed E-state index contributed by atoms with van der Waals surface area (Å²) >= 11 is 0. The molecule has 1 aromatic heterocycles. The summed E-state index contributed by atoms with van der Waals surface area (Å²) in [6, 6.07) is 2.13. The van der Waals surface area contributed by atoms with Gasteiger partial charge < -0.3 is 0 Å². The van der Waals surface area contributed by atoms with Crippen molar-refractivity contribution in [3.63, 3.8) is 0 Å². The Morgan fingerprint density at radius 3 is 2.69 bits per heavy atom. The third-order valence-electron chi connectivity index (χ3n) is 2.12. The van der Waals surface area contributed by atoms with E-state index in [9.17, 15) is 0 Å². The lowest BCUT2D eigenvalue weighted by atomic mass is 10.1. The third-order valence-corrected chi connectivity index (χ3v) is 2.12. The minimum atomic E-state index is 0.503. The van der Waals surface area contributed by atoms with Gasteiger partial charge in [0.15, 0.2) is 0 Å². The molecule has 0 radical (unpaired) electrons. The van der Waals surface area contributed by atoms with Crippen LogP contribution in [0.1, 0.15) is 50.9 Å². The quantitative estimate of drug-likeness (QED) is 0.708. The van der Waals surface area contributed by atoms with Gasteiger partial charge in [-0.25, -0.2) is 9.97 Å². The van der Waals surface area contributed by atoms with Crippen LogP contribution in [0.15, 0.2) is 12.4 Å². The van der Waals surface area contributed by atoms with Gasteiger partial charge in [-0.1, -0.05) is 27.2 Å². The fraction of sp³-hybridized carbons (Fsp3) is 0.636. The molecule has 2 heteroatoms. The Hall–Kier alpha value is -0.920. The highest BCUT2D eigenvalue weighted by Gasteiger charge is 2.02. The zero-order valence-electron chi connectivity index (χ0n) is 8.75. The van der Waals surface area contributed by atoms with Gasteiger partial charge in [0.1, 0.15) is 6.33 Å². The maximum Gasteiger partial charge on any atom is 0.115 e. The molecule has 0 unspecified atom stereocenters. The molecule has 0 aliphatic heterocycles. The lowest BCUT2D eigenvalue weighted by molar-refractivity contribution is 0.753. The molecule has 72 valence electrons. The zero-order valence-corrected chi connectivity index (χ0v) is 8.75. The highest BCUT2D eigenvalue weighted by atomic mass is 14.8. The van der Waals surface area contributed by atoms with Crippen LogP contribution in [0.5, 0.6) is 0 Å². The maximum atomic E-state index is 4.25. The molecule has 0 aliphatic rings. The van der Waals surface area contributed by atoms with Gasteiger partial charge in [-0.15, -0.1) is 0 Å². The summed E-state index contributed by atoms with van der Waals surface area (Å²) in [6.45, 7) is 6.52. The first-order chi connectivity index (χ1) is 6.24. The lowest BCUT2D eigenvalue weighted by Gasteiger charge is -2.05. The SMILES string of the molecule is CCCCc1cc(C(C)C)ncn1. The Morgan fingerprint density at radius 1 is 1.31 bits per heavy atom. The number of hydrogen-bond donors (Lipinski definition) is 0. The van der Waals surface area contributed by atoms with Crippen LogP contribution in [-0.4, -0.2) is 9.97 Å². The minimum absolute atomic E-state index is 0.503. The molecule has 0 bridgehead atoms. The van der Waals surface area contributed by atoms with Crippen molar-refractivity contribution in [1.29, 1.82) is 0 Å². The predicted molar refractivity (Wildman–Crippen MR) is 54.7 cm³/mol. The Bertz CT molecular complexity index is 256. The fourth-order valence-corrected chi connectivity index (χ4v) is 1.23. The molecule has 2 nitrogen and oxygen atoms in total. The first-order valence-corrected chi connectivity index (χ1v) is 5.04. The standard InChI is InChI=1S/C11H18N2/c1-4-5-6-10-7-11(9(2)3)13-8-12-10/h7-9H,4-6H2,1-3H3. The van der Waals surface area contributed by atoms with E-state index in [2.05, 4.69) is 36.8 Å². The van der Waals surface area contributed by atoms with Crippen molar-refractivity contribution in [3.05, 3.63) is 23.8 Å². The van der Waals surface area contributed by atoms with Crippen LogP contribution in [0.4, 0.5) is 0 Å². The molecule has 0 spiro atoms. The van der Waals surface area contributed by atoms with Crippen molar-refractivity contribution in [2.75, 3.05) is 0 Å². The van der Waals surface area contributed by atoms with E-state index in [-0.39, 0.29) is 0 Å². The van der Waals surface area contributed by atoms with Crippen LogP contribution in [0, 0.1) is 0 Å². The van der Waals surface area contributed by atoms with E-state index in [1.807, 2.05) is 0 Å². The van der Waals surface area contributed by atoms with Gasteiger partial charge in [0, 0.05) is 11.4 Å². The number of nitrogens with zero attached hydrogens (tertiary/aromatic N) is 2. The van der Waals surface area contributed by atoms with E-state index in [0.717, 1.165) is 12.1 Å². The Morgan fingerprint density at radius 2 is 2.08 bits per heavy atom. The predicted octanol–water partition coefficient (Wildman–Crippen LogP) is 2.94. The lowest BCUT2D eigenvalue weighted by Crippen LogP contribution is -1.97. The molecule has 0 fully saturated rings. The van der Waals surface area contributed by atoms with Gasteiger partial charge in [-0.05, 0) is 24.8 Å². The van der Waals surface area contributed by atoms with E-state index in [4.69, 9.17) is 0 Å². The fourth-order valence-electron chi connectivity index (χ4n) is 1.23. The normalized spacial score (nSPS) is 10.8. The highest BCUT2D eigenvalue weighted by Crippen LogP contribution is 2.12. The number of hydrogen-bond acceptors (Lipinski definition) is 2. The van der Waals surface area contributed by atoms with E-state index in [1.165, 1.54) is 18.5 Å². The molecular formula is C11H18N2. The van der Waals surface area contributed by atoms with Crippen LogP contribution in [-0.2, 0) is 6.42 Å². The molecule has 1 rings (SSSR count). The van der Waals surface area contributed by atoms with Gasteiger partial charge >= 0.3 is 0 Å². The van der Waals surface area contributed by atoms with Crippen LogP contribution in [0.2, 0.25) is 0 Å². The first-order valence-electron chi connectivity index (χ1n) is 5.04. The monoisotopic (exact) mass is 178 g/mol. The van der Waals surface area contributed by atoms with E-state index in [1.54, 1.807) is 6.33 Å². The van der Waals surface area contributed by atoms with Gasteiger partial charge in [0.25, 0.3) is 0 Å². The van der Waals surface area contributed by atoms with Gasteiger partial charge in [0.2, 0.25) is 0 Å². The Labute approximate surface area is 80.4 Å². The molecule has 0 atom stereocenters. The molecule has 0 N–H and O–H groups in total. The topological polar surface area (TPSA) is 25.8 Å². The van der Waals surface area contributed by atoms with Crippen molar-refractivity contribution in [1.82, 2.24) is 9.97 Å². The van der Waals surface area contributed by atoms with Crippen LogP contribution >= 0.6 is 0 Å². The second-order valence-corrected chi connectivity index (χ2v) is 3.69. The van der Waals surface area contributed by atoms with Crippen LogP contribution in [0.25, 0.3) is 0 Å². The summed E-state index contributed by atoms with van der Waals surface area (Å²) in [7, 11) is 0. The van der Waals surface area contributed by atoms with Gasteiger partial charge in [-0.2, -0.15) is 0 Å². The van der Waals surface area contributed by atoms with Crippen molar-refractivity contribution in [2.45, 2.75) is 46.0 Å². The molecule has 0 saturated heterocycles. The maximum absolute atomic E-state index is 4.25. The van der Waals surface area contributed by atoms with Gasteiger partial charge in [-0.3, -0.25) is 0 Å². The Kier molecular flexibility index (Phi) is 3.87. The molecule has 0 aromatic carbocycles. The molecule has 1 heterocycles. The Balaban J connectivity index is 2.68. The van der Waals surface area contributed by atoms with E-state index >= 15 is 0 Å². The summed E-state index contributed by atoms with van der Waals surface area (Å²) in [6.07, 6.45) is 5.20. The van der Waals surface area contributed by atoms with Crippen molar-refractivity contribution < 1.29 is 0 Å². The number of unbranched alkanes of at least 4 members (excludes halogenated alkanes) is 1. The second-order valence-electron chi connectivity index (χ2n) is 3.69. The van der Waals surface area contributed by atoms with Crippen LogP contribution < -0.4 is 0 Å². The zero-order chi connectivity index (χ0) is 9.68. The smallest absolute Gasteiger partial charge is 0.115 e. The van der Waals surface area contributed by atoms with Crippen molar-refractivity contribution in [2.24, 2.45) is 0 Å². The molecule has 1 aromatic rings. The largest absolute Gasteiger partial charge is 0.241 e. The molecule has 0 amide bonds. The minimum Gasteiger partial charge on any atom is -0.241 e. The number of aromatic nitrogens is 2. The van der Waals surface area contributed by atoms with E-state index < -0.39 is 0 Å². The van der Waals surface area contributed by atoms with E-state index in [0.29, 0.717) is 5.92 Å². The first kappa shape index (κ1) is 10.2. The summed E-state index contributed by atoms with van der Waals surface area (Å²) in [5.74, 6) is 0.503. The van der Waals surface area contributed by atoms with Crippen molar-refractivity contribution >= 4 is 0 Å². The number of rotatable bonds is 4. The molecule has 13 heavy (non-hydrogen) atoms. The second kappa shape index (κ2) is 4.95. The molecule has 0 saturated carbocycles. The summed E-state index contributed by atoms with van der Waals surface area (Å²) in [5.41, 5.74) is 2.33. The summed E-state index contributed by atoms with van der Waals surface area (Å²) in [5, 5.41) is 0. The van der Waals surface area contributed by atoms with Crippen molar-refractivity contribution in [3.8, 4) is 0 Å². The third kappa shape index (κ3) is 3.13.